The van der Waals surface area contributed by atoms with Crippen molar-refractivity contribution in [2.45, 2.75) is 27.2 Å². The molecule has 0 aromatic carbocycles. The fourth-order valence-corrected chi connectivity index (χ4v) is 0. The highest BCUT2D eigenvalue weighted by molar-refractivity contribution is 5.51. The lowest BCUT2D eigenvalue weighted by atomic mass is 10.2. The Bertz CT molecular complexity index is 52.9. The lowest BCUT2D eigenvalue weighted by molar-refractivity contribution is 0.248. The van der Waals surface area contributed by atoms with Crippen LogP contribution in [-0.4, -0.2) is 17.9 Å². The average molecular weight is 131 g/mol. The highest BCUT2D eigenvalue weighted by atomic mass is 16.3. The van der Waals surface area contributed by atoms with E-state index in [2.05, 4.69) is 0 Å². The summed E-state index contributed by atoms with van der Waals surface area (Å²) in [7, 11) is 0. The van der Waals surface area contributed by atoms with Crippen LogP contribution in [0.2, 0.25) is 0 Å². The monoisotopic (exact) mass is 131 g/mol. The Morgan fingerprint density at radius 1 is 1.56 bits per heavy atom. The molecular formula is C7H17NO. The van der Waals surface area contributed by atoms with Crippen molar-refractivity contribution in [2.24, 2.45) is 5.92 Å². The molecule has 0 aromatic heterocycles. The van der Waals surface area contributed by atoms with Crippen LogP contribution in [0.15, 0.2) is 0 Å². The number of rotatable bonds is 2. The van der Waals surface area contributed by atoms with E-state index in [1.807, 2.05) is 20.8 Å². The van der Waals surface area contributed by atoms with Crippen molar-refractivity contribution in [1.82, 2.24) is 0 Å². The summed E-state index contributed by atoms with van der Waals surface area (Å²) < 4.78 is 0. The molecule has 0 unspecified atom stereocenters. The van der Waals surface area contributed by atoms with E-state index in [1.165, 1.54) is 6.21 Å². The van der Waals surface area contributed by atoms with E-state index in [0.29, 0.717) is 12.5 Å². The van der Waals surface area contributed by atoms with E-state index < -0.39 is 0 Å². The van der Waals surface area contributed by atoms with Crippen molar-refractivity contribution in [2.75, 3.05) is 6.61 Å². The summed E-state index contributed by atoms with van der Waals surface area (Å²) in [6.45, 7) is 6.19. The normalized spacial score (nSPS) is 8.11. The molecular weight excluding hydrogens is 114 g/mol. The fraction of sp³-hybridized carbons (Fsp3) is 0.857. The van der Waals surface area contributed by atoms with Gasteiger partial charge in [0.25, 0.3) is 0 Å². The molecule has 0 aliphatic rings. The zero-order valence-corrected chi connectivity index (χ0v) is 6.52. The van der Waals surface area contributed by atoms with Crippen LogP contribution in [0.3, 0.4) is 0 Å². The van der Waals surface area contributed by atoms with Gasteiger partial charge in [0.15, 0.2) is 0 Å². The molecule has 0 saturated carbocycles. The van der Waals surface area contributed by atoms with Crippen LogP contribution < -0.4 is 0 Å². The topological polar surface area (TPSA) is 44.1 Å². The van der Waals surface area contributed by atoms with Crippen LogP contribution >= 0.6 is 0 Å². The number of hydrogen-bond acceptors (Lipinski definition) is 2. The molecule has 0 saturated heterocycles. The second kappa shape index (κ2) is 10.6. The van der Waals surface area contributed by atoms with Crippen LogP contribution in [0.4, 0.5) is 0 Å². The molecule has 0 rings (SSSR count). The van der Waals surface area contributed by atoms with Crippen LogP contribution in [0, 0.1) is 11.3 Å². The van der Waals surface area contributed by atoms with Gasteiger partial charge in [0.05, 0.1) is 0 Å². The molecule has 0 amide bonds. The third kappa shape index (κ3) is 35.0. The summed E-state index contributed by atoms with van der Waals surface area (Å²) in [4.78, 5) is 0. The Kier molecular flexibility index (Phi) is 13.4. The number of nitrogens with one attached hydrogen (secondary N) is 1. The lowest BCUT2D eigenvalue weighted by Gasteiger charge is -1.90. The van der Waals surface area contributed by atoms with E-state index >= 15 is 0 Å². The predicted octanol–water partition coefficient (Wildman–Crippen LogP) is 1.68. The first kappa shape index (κ1) is 11.4. The van der Waals surface area contributed by atoms with Crippen molar-refractivity contribution in [3.8, 4) is 0 Å². The van der Waals surface area contributed by atoms with Gasteiger partial charge in [-0.25, -0.2) is 0 Å². The smallest absolute Gasteiger partial charge is 0.0453 e. The predicted molar refractivity (Wildman–Crippen MR) is 41.0 cm³/mol. The van der Waals surface area contributed by atoms with Crippen LogP contribution in [-0.2, 0) is 0 Å². The first-order valence-electron chi connectivity index (χ1n) is 3.28. The SMILES string of the molecule is CC(C)CO.CCC=N. The minimum atomic E-state index is 0.306. The summed E-state index contributed by atoms with van der Waals surface area (Å²) in [5, 5.41) is 14.5. The van der Waals surface area contributed by atoms with Gasteiger partial charge in [-0.1, -0.05) is 20.8 Å². The third-order valence-electron chi connectivity index (χ3n) is 0.569. The van der Waals surface area contributed by atoms with Crippen molar-refractivity contribution < 1.29 is 5.11 Å². The van der Waals surface area contributed by atoms with Gasteiger partial charge in [-0.2, -0.15) is 0 Å². The second-order valence-electron chi connectivity index (χ2n) is 2.19. The number of aliphatic hydroxyl groups is 1. The Morgan fingerprint density at radius 2 is 1.78 bits per heavy atom. The lowest BCUT2D eigenvalue weighted by Crippen LogP contribution is -1.90. The molecule has 0 fully saturated rings. The zero-order valence-electron chi connectivity index (χ0n) is 6.52. The molecule has 2 nitrogen and oxygen atoms in total. The van der Waals surface area contributed by atoms with Crippen molar-refractivity contribution >= 4 is 6.21 Å². The van der Waals surface area contributed by atoms with Crippen LogP contribution in [0.5, 0.6) is 0 Å². The van der Waals surface area contributed by atoms with Gasteiger partial charge < -0.3 is 10.5 Å². The molecule has 0 heterocycles. The van der Waals surface area contributed by atoms with Gasteiger partial charge in [-0.05, 0) is 18.6 Å². The minimum Gasteiger partial charge on any atom is -0.396 e. The zero-order chi connectivity index (χ0) is 7.70. The molecule has 0 spiro atoms. The van der Waals surface area contributed by atoms with Crippen molar-refractivity contribution in [3.63, 3.8) is 0 Å². The maximum atomic E-state index is 8.14. The van der Waals surface area contributed by atoms with Gasteiger partial charge in [0.2, 0.25) is 0 Å². The van der Waals surface area contributed by atoms with Gasteiger partial charge in [0.1, 0.15) is 0 Å². The van der Waals surface area contributed by atoms with E-state index in [-0.39, 0.29) is 0 Å². The van der Waals surface area contributed by atoms with E-state index in [4.69, 9.17) is 10.5 Å². The summed E-state index contributed by atoms with van der Waals surface area (Å²) in [6.07, 6.45) is 2.24. The van der Waals surface area contributed by atoms with Crippen molar-refractivity contribution in [1.29, 1.82) is 5.41 Å². The maximum absolute atomic E-state index is 8.14. The molecule has 0 aromatic rings. The largest absolute Gasteiger partial charge is 0.396 e. The molecule has 56 valence electrons. The molecule has 2 N–H and O–H groups in total. The minimum absolute atomic E-state index is 0.306. The quantitative estimate of drug-likeness (QED) is 0.550. The Hall–Kier alpha value is -0.370. The summed E-state index contributed by atoms with van der Waals surface area (Å²) in [6, 6.07) is 0. The molecule has 0 atom stereocenters. The van der Waals surface area contributed by atoms with E-state index in [1.54, 1.807) is 0 Å². The molecule has 0 aliphatic heterocycles. The Balaban J connectivity index is 0. The second-order valence-corrected chi connectivity index (χ2v) is 2.19. The van der Waals surface area contributed by atoms with Crippen LogP contribution in [0.1, 0.15) is 27.2 Å². The summed E-state index contributed by atoms with van der Waals surface area (Å²) >= 11 is 0. The standard InChI is InChI=1S/C4H10O.C3H7N/c1-4(2)3-5;1-2-3-4/h4-5H,3H2,1-2H3;3-4H,2H2,1H3. The Morgan fingerprint density at radius 3 is 1.78 bits per heavy atom. The van der Waals surface area contributed by atoms with E-state index in [0.717, 1.165) is 6.42 Å². The van der Waals surface area contributed by atoms with Gasteiger partial charge in [0, 0.05) is 6.61 Å². The molecule has 9 heavy (non-hydrogen) atoms. The summed E-state index contributed by atoms with van der Waals surface area (Å²) in [5.41, 5.74) is 0. The Labute approximate surface area is 57.4 Å². The van der Waals surface area contributed by atoms with Crippen molar-refractivity contribution in [3.05, 3.63) is 0 Å². The maximum Gasteiger partial charge on any atom is 0.0453 e. The molecule has 0 bridgehead atoms. The third-order valence-corrected chi connectivity index (χ3v) is 0.569. The molecule has 2 heteroatoms. The first-order chi connectivity index (χ1) is 4.18. The fourth-order valence-electron chi connectivity index (χ4n) is 0. The highest BCUT2D eigenvalue weighted by Gasteiger charge is 1.81. The summed E-state index contributed by atoms with van der Waals surface area (Å²) in [5.74, 6) is 0.440. The molecule has 0 radical (unpaired) electrons. The first-order valence-corrected chi connectivity index (χ1v) is 3.28. The number of hydrogen-bond donors (Lipinski definition) is 2. The average Bonchev–Trinajstić information content (AvgIpc) is 1.89. The molecule has 0 aliphatic carbocycles. The van der Waals surface area contributed by atoms with Gasteiger partial charge in [-0.15, -0.1) is 0 Å². The van der Waals surface area contributed by atoms with E-state index in [9.17, 15) is 0 Å². The highest BCUT2D eigenvalue weighted by Crippen LogP contribution is 1.83. The number of aliphatic hydroxyl groups excluding tert-OH is 1. The van der Waals surface area contributed by atoms with Gasteiger partial charge >= 0.3 is 0 Å². The van der Waals surface area contributed by atoms with Crippen LogP contribution in [0.25, 0.3) is 0 Å². The van der Waals surface area contributed by atoms with Gasteiger partial charge in [-0.3, -0.25) is 0 Å².